The number of benzene rings is 3. The summed E-state index contributed by atoms with van der Waals surface area (Å²) >= 11 is 0. The first-order valence-electron chi connectivity index (χ1n) is 12.5. The molecule has 1 heterocycles. The van der Waals surface area contributed by atoms with Gasteiger partial charge in [-0.3, -0.25) is 4.79 Å². The second-order valence-corrected chi connectivity index (χ2v) is 8.62. The van der Waals surface area contributed by atoms with Crippen LogP contribution in [0.4, 0.5) is 0 Å². The minimum atomic E-state index is -0.682. The number of esters is 1. The third kappa shape index (κ3) is 6.79. The van der Waals surface area contributed by atoms with Gasteiger partial charge in [-0.25, -0.2) is 4.79 Å². The van der Waals surface area contributed by atoms with Crippen molar-refractivity contribution < 1.29 is 23.4 Å². The van der Waals surface area contributed by atoms with Gasteiger partial charge in [0.25, 0.3) is 0 Å². The zero-order valence-corrected chi connectivity index (χ0v) is 21.6. The zero-order valence-electron chi connectivity index (χ0n) is 21.6. The Morgan fingerprint density at radius 2 is 1.76 bits per heavy atom. The Bertz CT molecular complexity index is 1530. The molecule has 0 aliphatic rings. The standard InChI is InChI=1S/C32H30O6/c1-4-24-10-6-7-11-25(24)14-13-22(3)20-36-26-12-8-9-23(17-26)21-37-27-15-16-28-29(33)19-31(32(34)35-5-2)38-30(28)18-27/h6-19H,3-5,20-21H2,1-2H3/b14-13-. The quantitative estimate of drug-likeness (QED) is 0.164. The average molecular weight is 511 g/mol. The topological polar surface area (TPSA) is 75.0 Å². The fourth-order valence-corrected chi connectivity index (χ4v) is 3.87. The fourth-order valence-electron chi connectivity index (χ4n) is 3.87. The van der Waals surface area contributed by atoms with Gasteiger partial charge < -0.3 is 18.6 Å². The van der Waals surface area contributed by atoms with Crippen LogP contribution >= 0.6 is 0 Å². The molecule has 0 saturated heterocycles. The highest BCUT2D eigenvalue weighted by Gasteiger charge is 2.14. The van der Waals surface area contributed by atoms with E-state index in [1.807, 2.05) is 42.5 Å². The van der Waals surface area contributed by atoms with Gasteiger partial charge in [0.05, 0.1) is 12.0 Å². The van der Waals surface area contributed by atoms with Gasteiger partial charge >= 0.3 is 5.97 Å². The molecule has 0 aliphatic carbocycles. The van der Waals surface area contributed by atoms with E-state index in [9.17, 15) is 9.59 Å². The summed E-state index contributed by atoms with van der Waals surface area (Å²) in [6, 6.07) is 21.9. The zero-order chi connectivity index (χ0) is 26.9. The SMILES string of the molecule is C=C(/C=C\c1ccccc1CC)COc1cccc(COc2ccc3c(=O)cc(C(=O)OCC)oc3c2)c1. The molecular weight excluding hydrogens is 480 g/mol. The van der Waals surface area contributed by atoms with Crippen LogP contribution in [0.2, 0.25) is 0 Å². The highest BCUT2D eigenvalue weighted by molar-refractivity contribution is 5.89. The minimum Gasteiger partial charge on any atom is -0.489 e. The number of hydrogen-bond donors (Lipinski definition) is 0. The number of fused-ring (bicyclic) bond motifs is 1. The molecule has 0 aliphatic heterocycles. The van der Waals surface area contributed by atoms with Crippen molar-refractivity contribution in [3.05, 3.63) is 124 Å². The van der Waals surface area contributed by atoms with Crippen molar-refractivity contribution in [1.29, 1.82) is 0 Å². The molecule has 6 heteroatoms. The summed E-state index contributed by atoms with van der Waals surface area (Å²) in [5, 5.41) is 0.355. The molecule has 0 N–H and O–H groups in total. The first kappa shape index (κ1) is 26.5. The third-order valence-electron chi connectivity index (χ3n) is 5.84. The van der Waals surface area contributed by atoms with E-state index in [4.69, 9.17) is 18.6 Å². The van der Waals surface area contributed by atoms with Crippen molar-refractivity contribution >= 4 is 23.0 Å². The van der Waals surface area contributed by atoms with Crippen LogP contribution in [-0.4, -0.2) is 19.2 Å². The number of rotatable bonds is 11. The van der Waals surface area contributed by atoms with Crippen LogP contribution in [-0.2, 0) is 17.8 Å². The molecule has 0 radical (unpaired) electrons. The summed E-state index contributed by atoms with van der Waals surface area (Å²) in [7, 11) is 0. The lowest BCUT2D eigenvalue weighted by Gasteiger charge is -2.10. The van der Waals surface area contributed by atoms with Gasteiger partial charge in [-0.2, -0.15) is 0 Å². The third-order valence-corrected chi connectivity index (χ3v) is 5.84. The molecule has 0 spiro atoms. The maximum absolute atomic E-state index is 12.4. The summed E-state index contributed by atoms with van der Waals surface area (Å²) in [5.74, 6) is 0.382. The molecule has 0 bridgehead atoms. The summed E-state index contributed by atoms with van der Waals surface area (Å²) in [4.78, 5) is 24.3. The fraction of sp³-hybridized carbons (Fsp3) is 0.188. The molecule has 0 saturated carbocycles. The lowest BCUT2D eigenvalue weighted by molar-refractivity contribution is 0.0490. The Labute approximate surface area is 221 Å². The predicted octanol–water partition coefficient (Wildman–Crippen LogP) is 6.76. The molecule has 4 rings (SSSR count). The molecule has 1 aromatic heterocycles. The first-order chi connectivity index (χ1) is 18.5. The minimum absolute atomic E-state index is 0.141. The largest absolute Gasteiger partial charge is 0.489 e. The summed E-state index contributed by atoms with van der Waals surface area (Å²) in [6.07, 6.45) is 5.02. The molecule has 3 aromatic carbocycles. The van der Waals surface area contributed by atoms with Gasteiger partial charge in [0.2, 0.25) is 5.76 Å². The molecule has 38 heavy (non-hydrogen) atoms. The molecule has 6 nitrogen and oxygen atoms in total. The number of aryl methyl sites for hydroxylation is 1. The summed E-state index contributed by atoms with van der Waals surface area (Å²) in [5.41, 5.74) is 4.17. The van der Waals surface area contributed by atoms with Crippen LogP contribution in [0.1, 0.15) is 41.1 Å². The number of ether oxygens (including phenoxy) is 3. The van der Waals surface area contributed by atoms with E-state index < -0.39 is 5.97 Å². The number of carbonyl (C=O) groups excluding carboxylic acids is 1. The van der Waals surface area contributed by atoms with Crippen molar-refractivity contribution in [3.8, 4) is 11.5 Å². The van der Waals surface area contributed by atoms with E-state index >= 15 is 0 Å². The van der Waals surface area contributed by atoms with Crippen molar-refractivity contribution in [2.45, 2.75) is 26.9 Å². The second-order valence-electron chi connectivity index (χ2n) is 8.62. The van der Waals surface area contributed by atoms with Crippen molar-refractivity contribution in [2.24, 2.45) is 0 Å². The van der Waals surface area contributed by atoms with E-state index in [0.717, 1.165) is 23.6 Å². The Hall–Kier alpha value is -4.58. The normalized spacial score (nSPS) is 11.0. The molecule has 0 amide bonds. The van der Waals surface area contributed by atoms with E-state index in [2.05, 4.69) is 31.7 Å². The lowest BCUT2D eigenvalue weighted by atomic mass is 10.0. The Balaban J connectivity index is 1.37. The maximum atomic E-state index is 12.4. The predicted molar refractivity (Wildman–Crippen MR) is 149 cm³/mol. The van der Waals surface area contributed by atoms with Crippen LogP contribution in [0.25, 0.3) is 17.0 Å². The van der Waals surface area contributed by atoms with Gasteiger partial charge in [-0.05, 0) is 59.9 Å². The average Bonchev–Trinajstić information content (AvgIpc) is 2.94. The second kappa shape index (κ2) is 12.6. The van der Waals surface area contributed by atoms with Crippen molar-refractivity contribution in [2.75, 3.05) is 13.2 Å². The summed E-state index contributed by atoms with van der Waals surface area (Å²) in [6.45, 7) is 8.75. The van der Waals surface area contributed by atoms with Gasteiger partial charge in [0, 0.05) is 12.1 Å². The van der Waals surface area contributed by atoms with E-state index in [0.29, 0.717) is 23.5 Å². The van der Waals surface area contributed by atoms with Gasteiger partial charge in [0.15, 0.2) is 5.43 Å². The van der Waals surface area contributed by atoms with Gasteiger partial charge in [-0.15, -0.1) is 0 Å². The highest BCUT2D eigenvalue weighted by Crippen LogP contribution is 2.22. The van der Waals surface area contributed by atoms with Crippen LogP contribution in [0.5, 0.6) is 11.5 Å². The van der Waals surface area contributed by atoms with Crippen molar-refractivity contribution in [3.63, 3.8) is 0 Å². The maximum Gasteiger partial charge on any atom is 0.374 e. The van der Waals surface area contributed by atoms with Crippen LogP contribution in [0.3, 0.4) is 0 Å². The van der Waals surface area contributed by atoms with E-state index in [1.165, 1.54) is 11.1 Å². The van der Waals surface area contributed by atoms with E-state index in [-0.39, 0.29) is 30.0 Å². The molecule has 0 unspecified atom stereocenters. The molecule has 194 valence electrons. The Morgan fingerprint density at radius 1 is 0.947 bits per heavy atom. The monoisotopic (exact) mass is 510 g/mol. The van der Waals surface area contributed by atoms with Gasteiger partial charge in [-0.1, -0.05) is 62.1 Å². The highest BCUT2D eigenvalue weighted by atomic mass is 16.5. The number of hydrogen-bond acceptors (Lipinski definition) is 6. The van der Waals surface area contributed by atoms with E-state index in [1.54, 1.807) is 25.1 Å². The van der Waals surface area contributed by atoms with Crippen molar-refractivity contribution in [1.82, 2.24) is 0 Å². The van der Waals surface area contributed by atoms with Crippen LogP contribution in [0.15, 0.2) is 100 Å². The molecule has 0 atom stereocenters. The smallest absolute Gasteiger partial charge is 0.374 e. The van der Waals surface area contributed by atoms with Gasteiger partial charge in [0.1, 0.15) is 30.3 Å². The first-order valence-corrected chi connectivity index (χ1v) is 12.5. The van der Waals surface area contributed by atoms with Crippen LogP contribution in [0, 0.1) is 0 Å². The summed E-state index contributed by atoms with van der Waals surface area (Å²) < 4.78 is 22.4. The molecule has 0 fully saturated rings. The Kier molecular flexibility index (Phi) is 8.77. The Morgan fingerprint density at radius 3 is 2.58 bits per heavy atom. The molecular formula is C32H30O6. The number of carbonyl (C=O) groups is 1. The lowest BCUT2D eigenvalue weighted by Crippen LogP contribution is -2.10. The molecule has 4 aromatic rings. The van der Waals surface area contributed by atoms with Crippen LogP contribution < -0.4 is 14.9 Å².